The topological polar surface area (TPSA) is 51.1 Å². The first-order chi connectivity index (χ1) is 12.5. The SMILES string of the molecule is CCn1c2ccccc2c2cc(NS(=O)(=O)c3ccccc3F)ccc21. The summed E-state index contributed by atoms with van der Waals surface area (Å²) in [5.74, 6) is -0.774. The largest absolute Gasteiger partial charge is 0.341 e. The van der Waals surface area contributed by atoms with Gasteiger partial charge in [0.2, 0.25) is 0 Å². The average molecular weight is 368 g/mol. The molecule has 0 amide bonds. The molecule has 1 aromatic heterocycles. The number of anilines is 1. The second-order valence-corrected chi connectivity index (χ2v) is 7.68. The lowest BCUT2D eigenvalue weighted by Crippen LogP contribution is -2.14. The summed E-state index contributed by atoms with van der Waals surface area (Å²) < 4.78 is 43.6. The Morgan fingerprint density at radius 3 is 2.38 bits per heavy atom. The van der Waals surface area contributed by atoms with Crippen LogP contribution >= 0.6 is 0 Å². The molecule has 132 valence electrons. The van der Waals surface area contributed by atoms with Crippen LogP contribution in [-0.4, -0.2) is 13.0 Å². The van der Waals surface area contributed by atoms with Gasteiger partial charge in [-0.3, -0.25) is 4.72 Å². The van der Waals surface area contributed by atoms with Crippen molar-refractivity contribution < 1.29 is 12.8 Å². The maximum atomic E-state index is 13.9. The highest BCUT2D eigenvalue weighted by atomic mass is 32.2. The first-order valence-electron chi connectivity index (χ1n) is 8.29. The summed E-state index contributed by atoms with van der Waals surface area (Å²) in [4.78, 5) is -0.365. The fourth-order valence-electron chi connectivity index (χ4n) is 3.33. The van der Waals surface area contributed by atoms with Gasteiger partial charge in [-0.1, -0.05) is 30.3 Å². The third-order valence-electron chi connectivity index (χ3n) is 4.47. The van der Waals surface area contributed by atoms with E-state index >= 15 is 0 Å². The van der Waals surface area contributed by atoms with Gasteiger partial charge in [0.1, 0.15) is 10.7 Å². The molecular weight excluding hydrogens is 351 g/mol. The zero-order chi connectivity index (χ0) is 18.3. The highest BCUT2D eigenvalue weighted by Crippen LogP contribution is 2.31. The monoisotopic (exact) mass is 368 g/mol. The van der Waals surface area contributed by atoms with Gasteiger partial charge in [0.05, 0.1) is 0 Å². The van der Waals surface area contributed by atoms with E-state index in [4.69, 9.17) is 0 Å². The van der Waals surface area contributed by atoms with Gasteiger partial charge in [0.15, 0.2) is 0 Å². The molecule has 0 aliphatic rings. The van der Waals surface area contributed by atoms with Crippen molar-refractivity contribution in [3.8, 4) is 0 Å². The summed E-state index contributed by atoms with van der Waals surface area (Å²) >= 11 is 0. The van der Waals surface area contributed by atoms with Gasteiger partial charge < -0.3 is 4.57 Å². The number of fused-ring (bicyclic) bond motifs is 3. The number of nitrogens with zero attached hydrogens (tertiary/aromatic N) is 1. The van der Waals surface area contributed by atoms with Crippen molar-refractivity contribution in [2.24, 2.45) is 0 Å². The van der Waals surface area contributed by atoms with Crippen molar-refractivity contribution in [1.29, 1.82) is 0 Å². The van der Waals surface area contributed by atoms with E-state index in [0.29, 0.717) is 5.69 Å². The molecule has 1 N–H and O–H groups in total. The van der Waals surface area contributed by atoms with Gasteiger partial charge in [-0.15, -0.1) is 0 Å². The summed E-state index contributed by atoms with van der Waals surface area (Å²) in [6.45, 7) is 2.88. The quantitative estimate of drug-likeness (QED) is 0.565. The molecule has 6 heteroatoms. The Bertz CT molecular complexity index is 1230. The van der Waals surface area contributed by atoms with Gasteiger partial charge in [0.25, 0.3) is 10.0 Å². The molecule has 0 unspecified atom stereocenters. The van der Waals surface area contributed by atoms with Crippen LogP contribution in [0.2, 0.25) is 0 Å². The zero-order valence-electron chi connectivity index (χ0n) is 14.1. The van der Waals surface area contributed by atoms with Crippen LogP contribution in [0.4, 0.5) is 10.1 Å². The van der Waals surface area contributed by atoms with E-state index in [1.54, 1.807) is 12.1 Å². The molecule has 4 aromatic rings. The highest BCUT2D eigenvalue weighted by molar-refractivity contribution is 7.92. The number of aryl methyl sites for hydroxylation is 1. The Morgan fingerprint density at radius 1 is 0.923 bits per heavy atom. The molecule has 4 rings (SSSR count). The fourth-order valence-corrected chi connectivity index (χ4v) is 4.46. The predicted molar refractivity (Wildman–Crippen MR) is 102 cm³/mol. The van der Waals surface area contributed by atoms with Crippen LogP contribution in [0, 0.1) is 5.82 Å². The zero-order valence-corrected chi connectivity index (χ0v) is 14.9. The average Bonchev–Trinajstić information content (AvgIpc) is 2.95. The second kappa shape index (κ2) is 6.14. The number of sulfonamides is 1. The van der Waals surface area contributed by atoms with E-state index in [0.717, 1.165) is 34.4 Å². The molecule has 3 aromatic carbocycles. The van der Waals surface area contributed by atoms with Crippen LogP contribution in [0.3, 0.4) is 0 Å². The summed E-state index contributed by atoms with van der Waals surface area (Å²) in [5, 5.41) is 2.01. The molecule has 1 heterocycles. The molecule has 26 heavy (non-hydrogen) atoms. The lowest BCUT2D eigenvalue weighted by Gasteiger charge is -2.09. The predicted octanol–water partition coefficient (Wildman–Crippen LogP) is 4.75. The van der Waals surface area contributed by atoms with Crippen LogP contribution in [-0.2, 0) is 16.6 Å². The molecule has 4 nitrogen and oxygen atoms in total. The minimum atomic E-state index is -4.00. The van der Waals surface area contributed by atoms with Crippen LogP contribution in [0.5, 0.6) is 0 Å². The smallest absolute Gasteiger partial charge is 0.264 e. The maximum Gasteiger partial charge on any atom is 0.264 e. The van der Waals surface area contributed by atoms with E-state index in [9.17, 15) is 12.8 Å². The molecule has 0 aliphatic heterocycles. The normalized spacial score (nSPS) is 11.9. The minimum absolute atomic E-state index is 0.365. The van der Waals surface area contributed by atoms with Gasteiger partial charge in [-0.25, -0.2) is 12.8 Å². The molecule has 0 spiro atoms. The number of hydrogen-bond donors (Lipinski definition) is 1. The van der Waals surface area contributed by atoms with Crippen LogP contribution in [0.15, 0.2) is 71.6 Å². The Kier molecular flexibility index (Phi) is 3.92. The van der Waals surface area contributed by atoms with Gasteiger partial charge >= 0.3 is 0 Å². The molecule has 0 radical (unpaired) electrons. The third kappa shape index (κ3) is 2.63. The van der Waals surface area contributed by atoms with E-state index in [-0.39, 0.29) is 4.90 Å². The first kappa shape index (κ1) is 16.6. The Labute approximate surface area is 150 Å². The number of halogens is 1. The molecule has 0 fully saturated rings. The standard InChI is InChI=1S/C20H17FN2O2S/c1-2-23-18-9-5-3-7-15(18)16-13-14(11-12-19(16)23)22-26(24,25)20-10-6-4-8-17(20)21/h3-13,22H,2H2,1H3. The number of para-hydroxylation sites is 1. The lowest BCUT2D eigenvalue weighted by atomic mass is 10.1. The molecule has 0 aliphatic carbocycles. The Balaban J connectivity index is 1.84. The van der Waals surface area contributed by atoms with Crippen molar-refractivity contribution in [2.75, 3.05) is 4.72 Å². The number of aromatic nitrogens is 1. The lowest BCUT2D eigenvalue weighted by molar-refractivity contribution is 0.570. The summed E-state index contributed by atoms with van der Waals surface area (Å²) in [7, 11) is -4.00. The van der Waals surface area contributed by atoms with E-state index in [1.165, 1.54) is 18.2 Å². The van der Waals surface area contributed by atoms with Crippen LogP contribution < -0.4 is 4.72 Å². The molecule has 0 bridgehead atoms. The number of benzene rings is 3. The Hall–Kier alpha value is -2.86. The van der Waals surface area contributed by atoms with E-state index in [1.807, 2.05) is 30.3 Å². The highest BCUT2D eigenvalue weighted by Gasteiger charge is 2.19. The van der Waals surface area contributed by atoms with Crippen LogP contribution in [0.25, 0.3) is 21.8 Å². The number of rotatable bonds is 4. The molecule has 0 saturated carbocycles. The second-order valence-electron chi connectivity index (χ2n) is 6.03. The molecule has 0 atom stereocenters. The molecule has 0 saturated heterocycles. The van der Waals surface area contributed by atoms with Crippen molar-refractivity contribution >= 4 is 37.5 Å². The van der Waals surface area contributed by atoms with Crippen molar-refractivity contribution in [2.45, 2.75) is 18.4 Å². The number of hydrogen-bond acceptors (Lipinski definition) is 2. The van der Waals surface area contributed by atoms with Crippen molar-refractivity contribution in [3.63, 3.8) is 0 Å². The number of nitrogens with one attached hydrogen (secondary N) is 1. The fraction of sp³-hybridized carbons (Fsp3) is 0.100. The van der Waals surface area contributed by atoms with Crippen molar-refractivity contribution in [1.82, 2.24) is 4.57 Å². The van der Waals surface area contributed by atoms with Crippen LogP contribution in [0.1, 0.15) is 6.92 Å². The summed E-state index contributed by atoms with van der Waals surface area (Å²) in [6, 6.07) is 18.7. The van der Waals surface area contributed by atoms with Gasteiger partial charge in [0, 0.05) is 34.0 Å². The van der Waals surface area contributed by atoms with Gasteiger partial charge in [-0.2, -0.15) is 0 Å². The van der Waals surface area contributed by atoms with E-state index in [2.05, 4.69) is 16.2 Å². The third-order valence-corrected chi connectivity index (χ3v) is 5.88. The minimum Gasteiger partial charge on any atom is -0.341 e. The van der Waals surface area contributed by atoms with E-state index < -0.39 is 15.8 Å². The molecular formula is C20H17FN2O2S. The summed E-state index contributed by atoms with van der Waals surface area (Å²) in [6.07, 6.45) is 0. The van der Waals surface area contributed by atoms with Gasteiger partial charge in [-0.05, 0) is 43.3 Å². The maximum absolute atomic E-state index is 13.9. The summed E-state index contributed by atoms with van der Waals surface area (Å²) in [5.41, 5.74) is 2.53. The first-order valence-corrected chi connectivity index (χ1v) is 9.78. The van der Waals surface area contributed by atoms with Crippen molar-refractivity contribution in [3.05, 3.63) is 72.5 Å². The Morgan fingerprint density at radius 2 is 1.62 bits per heavy atom.